The minimum absolute atomic E-state index is 0.320. The van der Waals surface area contributed by atoms with Crippen LogP contribution in [0.4, 0.5) is 0 Å². The molecule has 5 heteroatoms. The van der Waals surface area contributed by atoms with E-state index in [-0.39, 0.29) is 0 Å². The molecule has 0 saturated heterocycles. The van der Waals surface area contributed by atoms with Crippen molar-refractivity contribution in [3.05, 3.63) is 65.9 Å². The number of hydrogen-bond acceptors (Lipinski definition) is 5. The van der Waals surface area contributed by atoms with Crippen LogP contribution >= 0.6 is 11.3 Å². The lowest BCUT2D eigenvalue weighted by atomic mass is 10.2. The highest BCUT2D eigenvalue weighted by Gasteiger charge is 2.08. The molecule has 0 unspecified atom stereocenters. The summed E-state index contributed by atoms with van der Waals surface area (Å²) in [5, 5.41) is 3.06. The Labute approximate surface area is 137 Å². The van der Waals surface area contributed by atoms with Gasteiger partial charge in [-0.25, -0.2) is 15.0 Å². The van der Waals surface area contributed by atoms with Crippen molar-refractivity contribution in [3.8, 4) is 22.2 Å². The van der Waals surface area contributed by atoms with Crippen LogP contribution in [0.3, 0.4) is 0 Å². The number of ether oxygens (including phenoxy) is 1. The Bertz CT molecular complexity index is 950. The molecule has 0 radical (unpaired) electrons. The van der Waals surface area contributed by atoms with Gasteiger partial charge in [-0.15, -0.1) is 11.3 Å². The normalized spacial score (nSPS) is 10.8. The van der Waals surface area contributed by atoms with Gasteiger partial charge in [0.1, 0.15) is 5.52 Å². The zero-order valence-electron chi connectivity index (χ0n) is 12.4. The first-order valence-electron chi connectivity index (χ1n) is 7.20. The predicted octanol–water partition coefficient (Wildman–Crippen LogP) is 4.85. The van der Waals surface area contributed by atoms with Crippen LogP contribution in [0.25, 0.3) is 21.3 Å². The first kappa shape index (κ1) is 13.8. The van der Waals surface area contributed by atoms with E-state index in [0.717, 1.165) is 27.0 Å². The molecule has 0 aliphatic carbocycles. The zero-order valence-corrected chi connectivity index (χ0v) is 13.2. The van der Waals surface area contributed by atoms with E-state index in [9.17, 15) is 0 Å². The van der Waals surface area contributed by atoms with Crippen LogP contribution in [0.15, 0.2) is 60.2 Å². The number of rotatable bonds is 3. The number of pyridine rings is 1. The summed E-state index contributed by atoms with van der Waals surface area (Å²) in [6.07, 6.45) is 3.55. The number of aromatic nitrogens is 3. The van der Waals surface area contributed by atoms with Crippen molar-refractivity contribution >= 4 is 22.2 Å². The monoisotopic (exact) mass is 319 g/mol. The fourth-order valence-electron chi connectivity index (χ4n) is 2.34. The number of nitrogens with zero attached hydrogens (tertiary/aromatic N) is 3. The Kier molecular flexibility index (Phi) is 3.48. The Balaban J connectivity index is 1.67. The molecule has 0 atom stereocenters. The number of thiophene rings is 1. The molecule has 4 nitrogen and oxygen atoms in total. The predicted molar refractivity (Wildman–Crippen MR) is 91.9 cm³/mol. The zero-order chi connectivity index (χ0) is 15.6. The lowest BCUT2D eigenvalue weighted by Crippen LogP contribution is -1.94. The van der Waals surface area contributed by atoms with Crippen molar-refractivity contribution < 1.29 is 4.74 Å². The van der Waals surface area contributed by atoms with E-state index in [0.29, 0.717) is 11.8 Å². The number of benzene rings is 1. The van der Waals surface area contributed by atoms with Gasteiger partial charge >= 0.3 is 6.01 Å². The molecule has 0 N–H and O–H groups in total. The van der Waals surface area contributed by atoms with E-state index in [2.05, 4.69) is 15.0 Å². The van der Waals surface area contributed by atoms with Crippen LogP contribution in [0, 0.1) is 6.92 Å². The average Bonchev–Trinajstić information content (AvgIpc) is 3.11. The van der Waals surface area contributed by atoms with Crippen LogP contribution in [0.2, 0.25) is 0 Å². The Morgan fingerprint density at radius 2 is 1.83 bits per heavy atom. The van der Waals surface area contributed by atoms with Gasteiger partial charge in [0, 0.05) is 33.9 Å². The molecule has 3 aromatic heterocycles. The largest absolute Gasteiger partial charge is 0.422 e. The third kappa shape index (κ3) is 2.78. The number of fused-ring (bicyclic) bond motifs is 1. The van der Waals surface area contributed by atoms with E-state index in [4.69, 9.17) is 4.74 Å². The smallest absolute Gasteiger partial charge is 0.321 e. The van der Waals surface area contributed by atoms with Crippen molar-refractivity contribution in [2.24, 2.45) is 0 Å². The maximum Gasteiger partial charge on any atom is 0.321 e. The third-order valence-corrected chi connectivity index (χ3v) is 4.38. The second-order valence-corrected chi connectivity index (χ2v) is 6.06. The van der Waals surface area contributed by atoms with Crippen molar-refractivity contribution in [1.29, 1.82) is 0 Å². The Morgan fingerprint density at radius 1 is 0.957 bits per heavy atom. The summed E-state index contributed by atoms with van der Waals surface area (Å²) >= 11 is 1.66. The van der Waals surface area contributed by atoms with Gasteiger partial charge < -0.3 is 4.74 Å². The molecule has 4 rings (SSSR count). The molecule has 0 spiro atoms. The van der Waals surface area contributed by atoms with Crippen molar-refractivity contribution in [1.82, 2.24) is 15.0 Å². The second kappa shape index (κ2) is 5.78. The van der Waals surface area contributed by atoms with Crippen LogP contribution in [-0.2, 0) is 0 Å². The molecule has 0 saturated carbocycles. The molecule has 1 aromatic carbocycles. The summed E-state index contributed by atoms with van der Waals surface area (Å²) in [7, 11) is 0. The molecule has 112 valence electrons. The highest BCUT2D eigenvalue weighted by molar-refractivity contribution is 7.13. The molecular weight excluding hydrogens is 306 g/mol. The lowest BCUT2D eigenvalue weighted by Gasteiger charge is -2.07. The van der Waals surface area contributed by atoms with Gasteiger partial charge in [0.15, 0.2) is 5.75 Å². The number of hydrogen-bond donors (Lipinski definition) is 0. The average molecular weight is 319 g/mol. The van der Waals surface area contributed by atoms with Crippen LogP contribution in [0.5, 0.6) is 11.8 Å². The highest BCUT2D eigenvalue weighted by Crippen LogP contribution is 2.28. The van der Waals surface area contributed by atoms with E-state index in [1.54, 1.807) is 23.7 Å². The van der Waals surface area contributed by atoms with E-state index >= 15 is 0 Å². The van der Waals surface area contributed by atoms with Gasteiger partial charge in [0.05, 0.1) is 0 Å². The minimum Gasteiger partial charge on any atom is -0.422 e. The van der Waals surface area contributed by atoms with Crippen LogP contribution in [0.1, 0.15) is 5.69 Å². The standard InChI is InChI=1S/C18H13N3OS/c1-12-7-8-13-4-2-5-15(17(13)21-12)22-18-19-10-14(11-20-18)16-6-3-9-23-16/h2-11H,1H3. The van der Waals surface area contributed by atoms with Gasteiger partial charge in [-0.05, 0) is 30.5 Å². The fourth-order valence-corrected chi connectivity index (χ4v) is 3.04. The van der Waals surface area contributed by atoms with Crippen LogP contribution in [-0.4, -0.2) is 15.0 Å². The SMILES string of the molecule is Cc1ccc2cccc(Oc3ncc(-c4cccs4)cn3)c2n1. The van der Waals surface area contributed by atoms with Crippen molar-refractivity contribution in [2.75, 3.05) is 0 Å². The van der Waals surface area contributed by atoms with Gasteiger partial charge in [0.25, 0.3) is 0 Å². The summed E-state index contributed by atoms with van der Waals surface area (Å²) < 4.78 is 5.84. The highest BCUT2D eigenvalue weighted by atomic mass is 32.1. The molecule has 0 aliphatic heterocycles. The lowest BCUT2D eigenvalue weighted by molar-refractivity contribution is 0.446. The Morgan fingerprint density at radius 3 is 2.61 bits per heavy atom. The second-order valence-electron chi connectivity index (χ2n) is 5.11. The molecule has 0 bridgehead atoms. The van der Waals surface area contributed by atoms with Crippen molar-refractivity contribution in [3.63, 3.8) is 0 Å². The molecular formula is C18H13N3OS. The van der Waals surface area contributed by atoms with Gasteiger partial charge in [-0.1, -0.05) is 24.3 Å². The third-order valence-electron chi connectivity index (χ3n) is 3.46. The van der Waals surface area contributed by atoms with Crippen molar-refractivity contribution in [2.45, 2.75) is 6.92 Å². The molecule has 23 heavy (non-hydrogen) atoms. The number of para-hydroxylation sites is 1. The molecule has 0 aliphatic rings. The van der Waals surface area contributed by atoms with Gasteiger partial charge in [-0.3, -0.25) is 0 Å². The fraction of sp³-hybridized carbons (Fsp3) is 0.0556. The molecule has 4 aromatic rings. The van der Waals surface area contributed by atoms with Gasteiger partial charge in [0.2, 0.25) is 0 Å². The van der Waals surface area contributed by atoms with Gasteiger partial charge in [-0.2, -0.15) is 0 Å². The van der Waals surface area contributed by atoms with Crippen LogP contribution < -0.4 is 4.74 Å². The first-order valence-corrected chi connectivity index (χ1v) is 8.08. The summed E-state index contributed by atoms with van der Waals surface area (Å²) in [4.78, 5) is 14.3. The molecule has 0 fully saturated rings. The summed E-state index contributed by atoms with van der Waals surface area (Å²) in [6.45, 7) is 1.96. The van der Waals surface area contributed by atoms with E-state index in [1.165, 1.54) is 0 Å². The minimum atomic E-state index is 0.320. The molecule has 3 heterocycles. The Hall–Kier alpha value is -2.79. The number of aryl methyl sites for hydroxylation is 1. The first-order chi connectivity index (χ1) is 11.3. The van der Waals surface area contributed by atoms with E-state index in [1.807, 2.05) is 54.8 Å². The summed E-state index contributed by atoms with van der Waals surface area (Å²) in [6, 6.07) is 14.2. The maximum atomic E-state index is 5.84. The maximum absolute atomic E-state index is 5.84. The topological polar surface area (TPSA) is 47.9 Å². The van der Waals surface area contributed by atoms with E-state index < -0.39 is 0 Å². The molecule has 0 amide bonds. The summed E-state index contributed by atoms with van der Waals surface area (Å²) in [5.74, 6) is 0.662. The summed E-state index contributed by atoms with van der Waals surface area (Å²) in [5.41, 5.74) is 2.75. The quantitative estimate of drug-likeness (QED) is 0.541.